The van der Waals surface area contributed by atoms with Crippen molar-refractivity contribution in [3.05, 3.63) is 12.3 Å². The van der Waals surface area contributed by atoms with Gasteiger partial charge in [0.25, 0.3) is 0 Å². The van der Waals surface area contributed by atoms with Crippen molar-refractivity contribution in [1.29, 1.82) is 0 Å². The standard InChI is InChI=1S/C10H20N2/c1-3-4-7-11-10-5-8-12(2)9-6-10/h4,7,10-11H,3,5-6,8-9H2,1-2H3/b7-4-. The molecule has 1 aliphatic heterocycles. The van der Waals surface area contributed by atoms with E-state index in [2.05, 4.69) is 36.5 Å². The zero-order valence-corrected chi connectivity index (χ0v) is 8.21. The van der Waals surface area contributed by atoms with Crippen LogP contribution in [0.5, 0.6) is 0 Å². The van der Waals surface area contributed by atoms with Gasteiger partial charge in [-0.25, -0.2) is 0 Å². The molecule has 0 aliphatic carbocycles. The van der Waals surface area contributed by atoms with Crippen LogP contribution in [0.25, 0.3) is 0 Å². The molecule has 0 saturated carbocycles. The summed E-state index contributed by atoms with van der Waals surface area (Å²) in [6.07, 6.45) is 7.98. The summed E-state index contributed by atoms with van der Waals surface area (Å²) in [7, 11) is 2.19. The number of piperidine rings is 1. The second-order valence-electron chi connectivity index (χ2n) is 3.55. The first kappa shape index (κ1) is 9.59. The molecule has 0 amide bonds. The van der Waals surface area contributed by atoms with Crippen molar-refractivity contribution in [2.75, 3.05) is 20.1 Å². The van der Waals surface area contributed by atoms with Crippen molar-refractivity contribution >= 4 is 0 Å². The van der Waals surface area contributed by atoms with Crippen molar-refractivity contribution in [2.45, 2.75) is 32.2 Å². The third kappa shape index (κ3) is 3.26. The monoisotopic (exact) mass is 168 g/mol. The number of nitrogens with zero attached hydrogens (tertiary/aromatic N) is 1. The normalized spacial score (nSPS) is 21.8. The molecule has 0 atom stereocenters. The summed E-state index contributed by atoms with van der Waals surface area (Å²) in [6, 6.07) is 0.712. The molecule has 1 fully saturated rings. The second kappa shape index (κ2) is 5.20. The van der Waals surface area contributed by atoms with E-state index in [4.69, 9.17) is 0 Å². The maximum absolute atomic E-state index is 3.44. The van der Waals surface area contributed by atoms with E-state index >= 15 is 0 Å². The van der Waals surface area contributed by atoms with E-state index in [1.54, 1.807) is 0 Å². The van der Waals surface area contributed by atoms with Crippen molar-refractivity contribution < 1.29 is 0 Å². The molecule has 70 valence electrons. The number of rotatable bonds is 3. The van der Waals surface area contributed by atoms with Gasteiger partial charge in [0.2, 0.25) is 0 Å². The summed E-state index contributed by atoms with van der Waals surface area (Å²) in [6.45, 7) is 4.63. The van der Waals surface area contributed by atoms with Crippen LogP contribution in [0.3, 0.4) is 0 Å². The zero-order chi connectivity index (χ0) is 8.81. The van der Waals surface area contributed by atoms with Crippen LogP contribution in [0, 0.1) is 0 Å². The third-order valence-corrected chi connectivity index (χ3v) is 2.40. The van der Waals surface area contributed by atoms with E-state index in [1.165, 1.54) is 25.9 Å². The van der Waals surface area contributed by atoms with E-state index in [1.807, 2.05) is 0 Å². The number of hydrogen-bond donors (Lipinski definition) is 1. The van der Waals surface area contributed by atoms with Crippen LogP contribution in [0.1, 0.15) is 26.2 Å². The molecule has 0 unspecified atom stereocenters. The lowest BCUT2D eigenvalue weighted by atomic mass is 10.1. The molecule has 12 heavy (non-hydrogen) atoms. The van der Waals surface area contributed by atoms with E-state index in [-0.39, 0.29) is 0 Å². The van der Waals surface area contributed by atoms with E-state index in [9.17, 15) is 0 Å². The van der Waals surface area contributed by atoms with Gasteiger partial charge in [0.05, 0.1) is 0 Å². The minimum atomic E-state index is 0.712. The summed E-state index contributed by atoms with van der Waals surface area (Å²) in [5, 5.41) is 3.44. The van der Waals surface area contributed by atoms with Crippen LogP contribution in [-0.2, 0) is 0 Å². The average molecular weight is 168 g/mol. The first-order chi connectivity index (χ1) is 5.83. The lowest BCUT2D eigenvalue weighted by molar-refractivity contribution is 0.244. The maximum Gasteiger partial charge on any atom is 0.0280 e. The highest BCUT2D eigenvalue weighted by molar-refractivity contribution is 4.84. The Morgan fingerprint density at radius 3 is 2.67 bits per heavy atom. The minimum absolute atomic E-state index is 0.712. The molecule has 2 nitrogen and oxygen atoms in total. The fourth-order valence-electron chi connectivity index (χ4n) is 1.50. The van der Waals surface area contributed by atoms with Crippen molar-refractivity contribution in [1.82, 2.24) is 10.2 Å². The van der Waals surface area contributed by atoms with Gasteiger partial charge in [0.15, 0.2) is 0 Å². The number of hydrogen-bond acceptors (Lipinski definition) is 2. The summed E-state index contributed by atoms with van der Waals surface area (Å²) < 4.78 is 0. The van der Waals surface area contributed by atoms with Gasteiger partial charge in [0.1, 0.15) is 0 Å². The Kier molecular flexibility index (Phi) is 4.15. The Balaban J connectivity index is 2.13. The first-order valence-electron chi connectivity index (χ1n) is 4.92. The van der Waals surface area contributed by atoms with E-state index < -0.39 is 0 Å². The molecule has 0 aromatic heterocycles. The van der Waals surface area contributed by atoms with Crippen LogP contribution < -0.4 is 5.32 Å². The lowest BCUT2D eigenvalue weighted by Gasteiger charge is -2.28. The SMILES string of the molecule is CC/C=C\NC1CCN(C)CC1. The molecule has 0 bridgehead atoms. The summed E-state index contributed by atoms with van der Waals surface area (Å²) in [4.78, 5) is 2.39. The van der Waals surface area contributed by atoms with Gasteiger partial charge in [-0.05, 0) is 45.6 Å². The molecule has 0 aromatic rings. The highest BCUT2D eigenvalue weighted by atomic mass is 15.1. The maximum atomic E-state index is 3.44. The molecule has 1 saturated heterocycles. The Hall–Kier alpha value is -0.500. The average Bonchev–Trinajstić information content (AvgIpc) is 2.09. The van der Waals surface area contributed by atoms with Gasteiger partial charge in [-0.2, -0.15) is 0 Å². The Bertz CT molecular complexity index is 135. The molecular weight excluding hydrogens is 148 g/mol. The molecule has 0 aromatic carbocycles. The third-order valence-electron chi connectivity index (χ3n) is 2.40. The van der Waals surface area contributed by atoms with E-state index in [0.29, 0.717) is 6.04 Å². The van der Waals surface area contributed by atoms with Crippen LogP contribution in [0.15, 0.2) is 12.3 Å². The topological polar surface area (TPSA) is 15.3 Å². The summed E-state index contributed by atoms with van der Waals surface area (Å²) >= 11 is 0. The molecule has 2 heteroatoms. The fraction of sp³-hybridized carbons (Fsp3) is 0.800. The van der Waals surface area contributed by atoms with Crippen molar-refractivity contribution in [3.63, 3.8) is 0 Å². The molecule has 1 aliphatic rings. The predicted octanol–water partition coefficient (Wildman–Crippen LogP) is 1.59. The predicted molar refractivity (Wildman–Crippen MR) is 53.1 cm³/mol. The highest BCUT2D eigenvalue weighted by Gasteiger charge is 2.14. The smallest absolute Gasteiger partial charge is 0.0280 e. The molecular formula is C10H20N2. The van der Waals surface area contributed by atoms with Crippen molar-refractivity contribution in [3.8, 4) is 0 Å². The Labute approximate surface area is 75.6 Å². The number of nitrogens with one attached hydrogen (secondary N) is 1. The van der Waals surface area contributed by atoms with Crippen LogP contribution >= 0.6 is 0 Å². The van der Waals surface area contributed by atoms with Gasteiger partial charge >= 0.3 is 0 Å². The van der Waals surface area contributed by atoms with Gasteiger partial charge < -0.3 is 10.2 Å². The largest absolute Gasteiger partial charge is 0.388 e. The van der Waals surface area contributed by atoms with Gasteiger partial charge in [-0.15, -0.1) is 0 Å². The lowest BCUT2D eigenvalue weighted by Crippen LogP contribution is -2.38. The van der Waals surface area contributed by atoms with Crippen LogP contribution in [-0.4, -0.2) is 31.1 Å². The number of likely N-dealkylation sites (tertiary alicyclic amines) is 1. The van der Waals surface area contributed by atoms with Gasteiger partial charge in [-0.3, -0.25) is 0 Å². The summed E-state index contributed by atoms with van der Waals surface area (Å²) in [5.74, 6) is 0. The van der Waals surface area contributed by atoms with Crippen molar-refractivity contribution in [2.24, 2.45) is 0 Å². The summed E-state index contributed by atoms with van der Waals surface area (Å²) in [5.41, 5.74) is 0. The minimum Gasteiger partial charge on any atom is -0.388 e. The molecule has 1 N–H and O–H groups in total. The zero-order valence-electron chi connectivity index (χ0n) is 8.21. The quantitative estimate of drug-likeness (QED) is 0.688. The second-order valence-corrected chi connectivity index (χ2v) is 3.55. The Morgan fingerprint density at radius 1 is 1.42 bits per heavy atom. The van der Waals surface area contributed by atoms with Gasteiger partial charge in [-0.1, -0.05) is 13.0 Å². The Morgan fingerprint density at radius 2 is 2.08 bits per heavy atom. The fourth-order valence-corrected chi connectivity index (χ4v) is 1.50. The molecule has 0 radical (unpaired) electrons. The van der Waals surface area contributed by atoms with Crippen LogP contribution in [0.2, 0.25) is 0 Å². The first-order valence-corrected chi connectivity index (χ1v) is 4.92. The highest BCUT2D eigenvalue weighted by Crippen LogP contribution is 2.07. The van der Waals surface area contributed by atoms with Crippen LogP contribution in [0.4, 0.5) is 0 Å². The number of allylic oxidation sites excluding steroid dienone is 1. The molecule has 1 rings (SSSR count). The van der Waals surface area contributed by atoms with E-state index in [0.717, 1.165) is 6.42 Å². The van der Waals surface area contributed by atoms with Gasteiger partial charge in [0, 0.05) is 6.04 Å². The molecule has 1 heterocycles. The molecule has 0 spiro atoms.